The van der Waals surface area contributed by atoms with Gasteiger partial charge in [0, 0.05) is 57.7 Å². The fourth-order valence-electron chi connectivity index (χ4n) is 7.52. The van der Waals surface area contributed by atoms with E-state index in [1.54, 1.807) is 18.2 Å². The third kappa shape index (κ3) is 17.4. The smallest absolute Gasteiger partial charge is 0.338 e. The van der Waals surface area contributed by atoms with E-state index in [4.69, 9.17) is 28.4 Å². The van der Waals surface area contributed by atoms with Crippen LogP contribution in [-0.4, -0.2) is 82.4 Å². The van der Waals surface area contributed by atoms with Crippen LogP contribution in [0.3, 0.4) is 0 Å². The van der Waals surface area contributed by atoms with E-state index in [9.17, 15) is 33.6 Å². The van der Waals surface area contributed by atoms with Crippen LogP contribution in [0.5, 0.6) is 17.2 Å². The van der Waals surface area contributed by atoms with Crippen molar-refractivity contribution in [2.75, 3.05) is 40.6 Å². The average molecular weight is 995 g/mol. The molecule has 0 unspecified atom stereocenters. The Balaban J connectivity index is 1.74. The van der Waals surface area contributed by atoms with E-state index in [2.05, 4.69) is 36.1 Å². The first kappa shape index (κ1) is 57.0. The van der Waals surface area contributed by atoms with E-state index in [-0.39, 0.29) is 56.6 Å². The molecule has 4 rings (SSSR count). The van der Waals surface area contributed by atoms with Crippen molar-refractivity contribution in [2.24, 2.45) is 11.3 Å². The molecule has 1 aliphatic rings. The highest BCUT2D eigenvalue weighted by atomic mass is 19.1. The number of carbonyl (C=O) groups is 7. The maximum Gasteiger partial charge on any atom is 0.338 e. The third-order valence-corrected chi connectivity index (χ3v) is 11.7. The van der Waals surface area contributed by atoms with Gasteiger partial charge in [-0.1, -0.05) is 76.6 Å². The van der Waals surface area contributed by atoms with Gasteiger partial charge in [0.15, 0.2) is 0 Å². The zero-order valence-electron chi connectivity index (χ0n) is 41.8. The molecule has 0 saturated heterocycles. The summed E-state index contributed by atoms with van der Waals surface area (Å²) in [5, 5.41) is 0. The number of carbonyl (C=O) groups excluding carboxylic acids is 7. The van der Waals surface area contributed by atoms with Gasteiger partial charge in [-0.2, -0.15) is 0 Å². The van der Waals surface area contributed by atoms with E-state index in [1.807, 2.05) is 6.07 Å². The maximum atomic E-state index is 16.4. The first-order chi connectivity index (χ1) is 34.3. The van der Waals surface area contributed by atoms with Gasteiger partial charge in [-0.25, -0.2) is 38.0 Å². The number of ether oxygens (including phenoxy) is 8. The van der Waals surface area contributed by atoms with Gasteiger partial charge in [0.2, 0.25) is 0 Å². The molecule has 0 heterocycles. The second-order valence-corrected chi connectivity index (χ2v) is 17.7. The number of esters is 7. The largest absolute Gasteiger partial charge is 0.493 e. The monoisotopic (exact) mass is 994 g/mol. The Labute approximate surface area is 419 Å². The molecule has 72 heavy (non-hydrogen) atoms. The van der Waals surface area contributed by atoms with Gasteiger partial charge in [0.05, 0.1) is 14.2 Å². The molecular weight excluding hydrogens is 932 g/mol. The van der Waals surface area contributed by atoms with Crippen molar-refractivity contribution in [3.63, 3.8) is 0 Å². The second kappa shape index (κ2) is 27.7. The lowest BCUT2D eigenvalue weighted by Gasteiger charge is -2.31. The van der Waals surface area contributed by atoms with Crippen molar-refractivity contribution in [3.8, 4) is 39.5 Å². The van der Waals surface area contributed by atoms with E-state index in [0.29, 0.717) is 11.5 Å². The molecular formula is C56H63FO15. The zero-order chi connectivity index (χ0) is 53.0. The Hall–Kier alpha value is -7.62. The molecule has 0 radical (unpaired) electrons. The topological polar surface area (TPSA) is 193 Å². The van der Waals surface area contributed by atoms with Gasteiger partial charge in [0.1, 0.15) is 54.9 Å². The maximum absolute atomic E-state index is 16.4. The third-order valence-electron chi connectivity index (χ3n) is 11.7. The highest BCUT2D eigenvalue weighted by Gasteiger charge is 2.37. The van der Waals surface area contributed by atoms with Crippen molar-refractivity contribution < 1.29 is 75.8 Å². The molecule has 0 bridgehead atoms. The van der Waals surface area contributed by atoms with E-state index in [0.717, 1.165) is 69.8 Å². The number of benzene rings is 3. The predicted octanol–water partition coefficient (Wildman–Crippen LogP) is 10.0. The van der Waals surface area contributed by atoms with Gasteiger partial charge in [-0.05, 0) is 99.7 Å². The van der Waals surface area contributed by atoms with Gasteiger partial charge in [0.25, 0.3) is 0 Å². The summed E-state index contributed by atoms with van der Waals surface area (Å²) in [5.74, 6) is -5.64. The van der Waals surface area contributed by atoms with E-state index < -0.39 is 79.4 Å². The summed E-state index contributed by atoms with van der Waals surface area (Å²) in [7, 11) is 2.22. The highest BCUT2D eigenvalue weighted by molar-refractivity contribution is 5.94. The molecule has 0 N–H and O–H groups in total. The molecule has 1 aliphatic carbocycles. The molecule has 15 nitrogen and oxygen atoms in total. The molecule has 1 saturated carbocycles. The van der Waals surface area contributed by atoms with Crippen molar-refractivity contribution in [3.05, 3.63) is 127 Å². The van der Waals surface area contributed by atoms with Gasteiger partial charge < -0.3 is 37.9 Å². The van der Waals surface area contributed by atoms with Gasteiger partial charge in [-0.15, -0.1) is 0 Å². The van der Waals surface area contributed by atoms with Crippen LogP contribution in [0.15, 0.2) is 115 Å². The lowest BCUT2D eigenvalue weighted by atomic mass is 9.77. The van der Waals surface area contributed by atoms with Crippen molar-refractivity contribution in [1.82, 2.24) is 0 Å². The summed E-state index contributed by atoms with van der Waals surface area (Å²) in [6.45, 7) is 15.3. The SMILES string of the molecule is C=C(C)C(=O)OCC(COC(=O)/C=C/C(=O)OC)(COC(=O)/C=C/C(=O)OC)COc1ccc(-c2cc(OC(=O)C(=C)C)c(-c3ccc(C4CCC(CCCCC)CC4)cc3F)cc2OC(=O)C(=C)C)cc1. The van der Waals surface area contributed by atoms with Gasteiger partial charge >= 0.3 is 41.8 Å². The summed E-state index contributed by atoms with van der Waals surface area (Å²) < 4.78 is 59.5. The number of methoxy groups -OCH3 is 2. The summed E-state index contributed by atoms with van der Waals surface area (Å²) in [5.41, 5.74) is 0.323. The molecule has 0 amide bonds. The lowest BCUT2D eigenvalue weighted by Crippen LogP contribution is -2.44. The standard InChI is InChI=1S/C56H63FO15/c1-10-11-12-13-38-14-16-39(17-15-38)41-20-23-43(46(57)28-41)45-30-47(71-54(63)36(4)5)44(29-48(45)72-55(64)37(6)7)40-18-21-42(22-19-40)67-31-56(34-70-53(62)35(2)3,32-68-51(60)26-24-49(58)65-8)33-69-52(61)27-25-50(59)66-9/h18-30,38-39H,2,4,6,10-17,31-34H2,1,3,5,7-9H3/b26-24+,27-25+. The highest BCUT2D eigenvalue weighted by Crippen LogP contribution is 2.44. The van der Waals surface area contributed by atoms with Crippen LogP contribution in [-0.2, 0) is 57.2 Å². The predicted molar refractivity (Wildman–Crippen MR) is 265 cm³/mol. The molecule has 0 aliphatic heterocycles. The lowest BCUT2D eigenvalue weighted by molar-refractivity contribution is -0.159. The minimum atomic E-state index is -1.63. The quantitative estimate of drug-likeness (QED) is 0.0256. The van der Waals surface area contributed by atoms with Crippen LogP contribution in [0, 0.1) is 17.2 Å². The molecule has 0 spiro atoms. The minimum Gasteiger partial charge on any atom is -0.493 e. The van der Waals surface area contributed by atoms with Crippen LogP contribution >= 0.6 is 0 Å². The Bertz CT molecular complexity index is 2520. The normalized spacial score (nSPS) is 14.4. The van der Waals surface area contributed by atoms with Crippen LogP contribution in [0.2, 0.25) is 0 Å². The summed E-state index contributed by atoms with van der Waals surface area (Å²) in [6, 6.07) is 14.1. The number of hydrogen-bond donors (Lipinski definition) is 0. The van der Waals surface area contributed by atoms with Crippen molar-refractivity contribution in [1.29, 1.82) is 0 Å². The molecule has 1 fully saturated rings. The van der Waals surface area contributed by atoms with E-state index >= 15 is 4.39 Å². The molecule has 3 aromatic rings. The number of rotatable bonds is 25. The molecule has 16 heteroatoms. The van der Waals surface area contributed by atoms with Crippen LogP contribution in [0.25, 0.3) is 22.3 Å². The van der Waals surface area contributed by atoms with Crippen LogP contribution in [0.4, 0.5) is 4.39 Å². The number of unbranched alkanes of at least 4 members (excludes halogenated alkanes) is 2. The molecule has 384 valence electrons. The molecule has 3 aromatic carbocycles. The Morgan fingerprint density at radius 1 is 0.597 bits per heavy atom. The first-order valence-electron chi connectivity index (χ1n) is 23.4. The van der Waals surface area contributed by atoms with Gasteiger partial charge in [-0.3, -0.25) is 0 Å². The van der Waals surface area contributed by atoms with Crippen molar-refractivity contribution in [2.45, 2.75) is 85.0 Å². The summed E-state index contributed by atoms with van der Waals surface area (Å²) >= 11 is 0. The Kier molecular flexibility index (Phi) is 21.9. The van der Waals surface area contributed by atoms with Crippen LogP contribution < -0.4 is 14.2 Å². The fourth-order valence-corrected chi connectivity index (χ4v) is 7.52. The Morgan fingerprint density at radius 3 is 1.60 bits per heavy atom. The van der Waals surface area contributed by atoms with E-state index in [1.165, 1.54) is 76.8 Å². The van der Waals surface area contributed by atoms with Crippen LogP contribution in [0.1, 0.15) is 90.5 Å². The number of hydrogen-bond acceptors (Lipinski definition) is 15. The average Bonchev–Trinajstić information content (AvgIpc) is 3.37. The summed E-state index contributed by atoms with van der Waals surface area (Å²) in [4.78, 5) is 87.5. The molecule has 0 aromatic heterocycles. The summed E-state index contributed by atoms with van der Waals surface area (Å²) in [6.07, 6.45) is 12.2. The second-order valence-electron chi connectivity index (χ2n) is 17.7. The first-order valence-corrected chi connectivity index (χ1v) is 23.4. The number of halogens is 1. The Morgan fingerprint density at radius 2 is 1.10 bits per heavy atom. The van der Waals surface area contributed by atoms with Crippen molar-refractivity contribution >= 4 is 41.8 Å². The minimum absolute atomic E-state index is 0.0175. The molecule has 0 atom stereocenters. The fraction of sp³-hybridized carbons (Fsp3) is 0.375. The zero-order valence-corrected chi connectivity index (χ0v) is 41.8.